The summed E-state index contributed by atoms with van der Waals surface area (Å²) in [6, 6.07) is 22.2. The normalized spacial score (nSPS) is 13.8. The first kappa shape index (κ1) is 33.1. The maximum Gasteiger partial charge on any atom is 0.102 e. The van der Waals surface area contributed by atoms with Crippen molar-refractivity contribution in [2.24, 2.45) is 0 Å². The zero-order valence-electron chi connectivity index (χ0n) is 24.2. The predicted octanol–water partition coefficient (Wildman–Crippen LogP) is 11.1. The van der Waals surface area contributed by atoms with E-state index < -0.39 is 0 Å². The highest BCUT2D eigenvalue weighted by Crippen LogP contribution is 2.46. The number of hydrogen-bond donors (Lipinski definition) is 0. The lowest BCUT2D eigenvalue weighted by atomic mass is 9.96. The number of thiophene rings is 1. The van der Waals surface area contributed by atoms with Crippen LogP contribution in [0.5, 0.6) is 0 Å². The molecule has 0 spiro atoms. The van der Waals surface area contributed by atoms with Crippen molar-refractivity contribution >= 4 is 75.1 Å². The summed E-state index contributed by atoms with van der Waals surface area (Å²) in [6.45, 7) is 2.07. The van der Waals surface area contributed by atoms with E-state index in [1.807, 2.05) is 52.2 Å². The number of nitrogens with zero attached hydrogens (tertiary/aromatic N) is 3. The maximum absolute atomic E-state index is 6.34. The van der Waals surface area contributed by atoms with Gasteiger partial charge in [-0.2, -0.15) is 0 Å². The third-order valence-corrected chi connectivity index (χ3v) is 10.1. The molecule has 10 heteroatoms. The van der Waals surface area contributed by atoms with Gasteiger partial charge in [0, 0.05) is 54.9 Å². The molecule has 0 N–H and O–H groups in total. The van der Waals surface area contributed by atoms with Gasteiger partial charge in [0.2, 0.25) is 0 Å². The van der Waals surface area contributed by atoms with Crippen LogP contribution >= 0.6 is 69.5 Å². The molecule has 44 heavy (non-hydrogen) atoms. The zero-order valence-corrected chi connectivity index (χ0v) is 28.9. The number of ether oxygens (including phenoxy) is 1. The van der Waals surface area contributed by atoms with E-state index in [1.165, 1.54) is 37.8 Å². The van der Waals surface area contributed by atoms with Crippen LogP contribution in [0.4, 0.5) is 0 Å². The number of hydrogen-bond acceptors (Lipinski definition) is 5. The smallest absolute Gasteiger partial charge is 0.102 e. The van der Waals surface area contributed by atoms with E-state index in [2.05, 4.69) is 66.5 Å². The van der Waals surface area contributed by atoms with Gasteiger partial charge in [0.1, 0.15) is 6.10 Å². The summed E-state index contributed by atoms with van der Waals surface area (Å²) >= 11 is 28.0. The fraction of sp³-hybridized carbons (Fsp3) is 0.206. The molecular formula is C34H31Cl4N3OS2. The monoisotopic (exact) mass is 701 g/mol. The van der Waals surface area contributed by atoms with Crippen molar-refractivity contribution in [3.8, 4) is 0 Å². The molecule has 0 bridgehead atoms. The van der Waals surface area contributed by atoms with Crippen LogP contribution in [0.3, 0.4) is 0 Å². The Morgan fingerprint density at radius 2 is 1.70 bits per heavy atom. The van der Waals surface area contributed by atoms with E-state index in [0.717, 1.165) is 33.5 Å². The predicted molar refractivity (Wildman–Crippen MR) is 188 cm³/mol. The Hall–Kier alpha value is -2.26. The van der Waals surface area contributed by atoms with Gasteiger partial charge in [-0.1, -0.05) is 88.5 Å². The van der Waals surface area contributed by atoms with Crippen LogP contribution in [0, 0.1) is 0 Å². The lowest BCUT2D eigenvalue weighted by Gasteiger charge is -2.22. The van der Waals surface area contributed by atoms with Crippen molar-refractivity contribution in [2.45, 2.75) is 35.5 Å². The van der Waals surface area contributed by atoms with Crippen LogP contribution in [0.1, 0.15) is 34.8 Å². The van der Waals surface area contributed by atoms with Crippen LogP contribution in [-0.4, -0.2) is 35.1 Å². The van der Waals surface area contributed by atoms with Gasteiger partial charge >= 0.3 is 0 Å². The van der Waals surface area contributed by atoms with Gasteiger partial charge in [0.05, 0.1) is 23.8 Å². The van der Waals surface area contributed by atoms with Crippen molar-refractivity contribution in [3.05, 3.63) is 139 Å². The van der Waals surface area contributed by atoms with Crippen molar-refractivity contribution in [3.63, 3.8) is 0 Å². The number of imidazole rings is 1. The molecule has 0 radical (unpaired) electrons. The van der Waals surface area contributed by atoms with E-state index in [4.69, 9.17) is 51.1 Å². The topological polar surface area (TPSA) is 30.3 Å². The van der Waals surface area contributed by atoms with Crippen molar-refractivity contribution in [1.29, 1.82) is 0 Å². The highest BCUT2D eigenvalue weighted by molar-refractivity contribution is 7.99. The standard InChI is InChI=1S/C18H18ClNS.C16H13Cl3N2OS/c1-20(2)11-5-7-14-15-6-3-4-8-17(15)21-18-10-9-13(19)12-16(14)18;17-12-1-2-13(14(18)7-12)15(8-21-5-4-20-10-21)22-9-11-3-6-23-16(11)19/h3-4,6-10,12H,5,11H2,1-2H3;1-7,10,15H,8-9H2/b14-7-;. The highest BCUT2D eigenvalue weighted by atomic mass is 35.5. The average molecular weight is 704 g/mol. The molecule has 3 aromatic carbocycles. The lowest BCUT2D eigenvalue weighted by Crippen LogP contribution is -2.12. The molecule has 1 aliphatic heterocycles. The molecule has 2 aromatic heterocycles. The maximum atomic E-state index is 6.34. The molecule has 5 aromatic rings. The summed E-state index contributed by atoms with van der Waals surface area (Å²) in [5, 5.41) is 3.92. The van der Waals surface area contributed by atoms with Crippen LogP contribution in [0.15, 0.2) is 107 Å². The average Bonchev–Trinajstić information content (AvgIpc) is 3.67. The molecule has 3 heterocycles. The first-order chi connectivity index (χ1) is 21.3. The first-order valence-corrected chi connectivity index (χ1v) is 17.2. The summed E-state index contributed by atoms with van der Waals surface area (Å²) in [5.74, 6) is 0. The molecule has 228 valence electrons. The minimum atomic E-state index is -0.232. The van der Waals surface area contributed by atoms with Gasteiger partial charge in [0.25, 0.3) is 0 Å². The molecule has 1 aliphatic rings. The number of rotatable bonds is 9. The largest absolute Gasteiger partial charge is 0.367 e. The van der Waals surface area contributed by atoms with E-state index in [0.29, 0.717) is 23.2 Å². The quantitative estimate of drug-likeness (QED) is 0.150. The fourth-order valence-electron chi connectivity index (χ4n) is 4.73. The molecule has 0 aliphatic carbocycles. The number of benzene rings is 3. The Balaban J connectivity index is 0.000000175. The van der Waals surface area contributed by atoms with Crippen molar-refractivity contribution in [1.82, 2.24) is 14.5 Å². The van der Waals surface area contributed by atoms with Crippen LogP contribution < -0.4 is 0 Å². The van der Waals surface area contributed by atoms with Gasteiger partial charge in [-0.25, -0.2) is 4.98 Å². The van der Waals surface area contributed by atoms with Crippen molar-refractivity contribution in [2.75, 3.05) is 20.6 Å². The van der Waals surface area contributed by atoms with Gasteiger partial charge < -0.3 is 14.2 Å². The zero-order chi connectivity index (χ0) is 31.1. The summed E-state index contributed by atoms with van der Waals surface area (Å²) in [6.07, 6.45) is 8.51. The second-order valence-corrected chi connectivity index (χ2v) is 14.3. The summed E-state index contributed by atoms with van der Waals surface area (Å²) in [5.41, 5.74) is 5.73. The van der Waals surface area contributed by atoms with E-state index in [1.54, 1.807) is 18.6 Å². The van der Waals surface area contributed by atoms with Crippen LogP contribution in [0.25, 0.3) is 5.57 Å². The van der Waals surface area contributed by atoms with Crippen molar-refractivity contribution < 1.29 is 4.74 Å². The second kappa shape index (κ2) is 15.8. The Morgan fingerprint density at radius 1 is 0.932 bits per heavy atom. The second-order valence-electron chi connectivity index (χ2n) is 10.4. The number of halogens is 4. The van der Waals surface area contributed by atoms with Gasteiger partial charge in [-0.15, -0.1) is 11.3 Å². The van der Waals surface area contributed by atoms with Gasteiger partial charge in [-0.3, -0.25) is 0 Å². The Kier molecular flexibility index (Phi) is 11.9. The lowest BCUT2D eigenvalue weighted by molar-refractivity contribution is 0.0282. The van der Waals surface area contributed by atoms with Crippen LogP contribution in [0.2, 0.25) is 19.4 Å². The molecule has 1 atom stereocenters. The number of fused-ring (bicyclic) bond motifs is 2. The fourth-order valence-corrected chi connectivity index (χ4v) is 7.42. The Bertz CT molecular complexity index is 1720. The molecule has 4 nitrogen and oxygen atoms in total. The molecule has 6 rings (SSSR count). The molecule has 0 fully saturated rings. The summed E-state index contributed by atoms with van der Waals surface area (Å²) < 4.78 is 8.79. The third kappa shape index (κ3) is 8.71. The molecule has 1 unspecified atom stereocenters. The minimum Gasteiger partial charge on any atom is -0.367 e. The molecule has 0 saturated carbocycles. The molecular weight excluding hydrogens is 672 g/mol. The summed E-state index contributed by atoms with van der Waals surface area (Å²) in [7, 11) is 4.21. The third-order valence-electron chi connectivity index (χ3n) is 6.93. The molecule has 0 saturated heterocycles. The summed E-state index contributed by atoms with van der Waals surface area (Å²) in [4.78, 5) is 8.88. The van der Waals surface area contributed by atoms with E-state index in [-0.39, 0.29) is 6.10 Å². The van der Waals surface area contributed by atoms with Gasteiger partial charge in [-0.05, 0) is 85.1 Å². The minimum absolute atomic E-state index is 0.232. The van der Waals surface area contributed by atoms with Crippen LogP contribution in [-0.2, 0) is 17.9 Å². The van der Waals surface area contributed by atoms with E-state index >= 15 is 0 Å². The van der Waals surface area contributed by atoms with Gasteiger partial charge in [0.15, 0.2) is 0 Å². The SMILES string of the molecule is CN(C)CC/C=C1/c2ccccc2Sc2ccc(Cl)cc21.Clc1ccc(C(Cn2ccnc2)OCc2ccsc2Cl)c(Cl)c1. The Labute approximate surface area is 287 Å². The van der Waals surface area contributed by atoms with E-state index in [9.17, 15) is 0 Å². The Morgan fingerprint density at radius 3 is 2.43 bits per heavy atom. The molecule has 0 amide bonds. The first-order valence-electron chi connectivity index (χ1n) is 13.9. The highest BCUT2D eigenvalue weighted by Gasteiger charge is 2.21. The number of aromatic nitrogens is 2.